The summed E-state index contributed by atoms with van der Waals surface area (Å²) in [5, 5.41) is 13.3. The lowest BCUT2D eigenvalue weighted by Gasteiger charge is -2.31. The van der Waals surface area contributed by atoms with Gasteiger partial charge < -0.3 is 5.11 Å². The van der Waals surface area contributed by atoms with Crippen molar-refractivity contribution in [2.75, 3.05) is 11.5 Å². The molecular formula is C11H15BrOS3. The fourth-order valence-electron chi connectivity index (χ4n) is 1.86. The topological polar surface area (TPSA) is 20.2 Å². The summed E-state index contributed by atoms with van der Waals surface area (Å²) in [6.45, 7) is 2.23. The molecule has 0 amide bonds. The number of hydrogen-bond acceptors (Lipinski definition) is 4. The molecule has 0 radical (unpaired) electrons. The first-order chi connectivity index (χ1) is 7.66. The molecule has 1 nitrogen and oxygen atoms in total. The monoisotopic (exact) mass is 338 g/mol. The minimum atomic E-state index is -0.210. The molecule has 0 saturated carbocycles. The molecule has 1 saturated heterocycles. The van der Waals surface area contributed by atoms with Crippen LogP contribution < -0.4 is 0 Å². The van der Waals surface area contributed by atoms with Crippen molar-refractivity contribution in [1.82, 2.24) is 0 Å². The van der Waals surface area contributed by atoms with Gasteiger partial charge in [-0.3, -0.25) is 0 Å². The Balaban J connectivity index is 1.93. The van der Waals surface area contributed by atoms with Gasteiger partial charge in [0.15, 0.2) is 0 Å². The summed E-state index contributed by atoms with van der Waals surface area (Å²) >= 11 is 9.08. The molecule has 1 aliphatic rings. The standard InChI is InChI=1S/C11H15BrOS3/c1-7-11(15-3-2-14-7)10(13)5-9-4-8(12)6-16-9/h4,6-7,10-11,13H,2-3,5H2,1H3. The molecule has 3 atom stereocenters. The molecule has 1 fully saturated rings. The fourth-order valence-corrected chi connectivity index (χ4v) is 6.20. The maximum atomic E-state index is 10.3. The summed E-state index contributed by atoms with van der Waals surface area (Å²) in [6.07, 6.45) is 0.581. The van der Waals surface area contributed by atoms with Crippen molar-refractivity contribution in [2.24, 2.45) is 0 Å². The van der Waals surface area contributed by atoms with Crippen LogP contribution in [0.3, 0.4) is 0 Å². The van der Waals surface area contributed by atoms with Crippen LogP contribution in [0.4, 0.5) is 0 Å². The molecule has 16 heavy (non-hydrogen) atoms. The largest absolute Gasteiger partial charge is 0.392 e. The van der Waals surface area contributed by atoms with E-state index in [1.165, 1.54) is 16.4 Å². The molecule has 2 rings (SSSR count). The van der Waals surface area contributed by atoms with E-state index in [2.05, 4.69) is 34.3 Å². The number of thioether (sulfide) groups is 2. The molecule has 0 aliphatic carbocycles. The van der Waals surface area contributed by atoms with Crippen molar-refractivity contribution in [3.05, 3.63) is 20.8 Å². The average Bonchev–Trinajstić information content (AvgIpc) is 2.64. The average molecular weight is 339 g/mol. The zero-order valence-electron chi connectivity index (χ0n) is 9.06. The summed E-state index contributed by atoms with van der Waals surface area (Å²) in [4.78, 5) is 1.27. The van der Waals surface area contributed by atoms with Gasteiger partial charge in [-0.05, 0) is 22.0 Å². The van der Waals surface area contributed by atoms with Crippen molar-refractivity contribution in [3.8, 4) is 0 Å². The highest BCUT2D eigenvalue weighted by Gasteiger charge is 2.29. The molecule has 1 N–H and O–H groups in total. The minimum absolute atomic E-state index is 0.210. The molecular weight excluding hydrogens is 324 g/mol. The molecule has 2 heterocycles. The minimum Gasteiger partial charge on any atom is -0.392 e. The Morgan fingerprint density at radius 3 is 2.88 bits per heavy atom. The first-order valence-electron chi connectivity index (χ1n) is 5.31. The van der Waals surface area contributed by atoms with Gasteiger partial charge >= 0.3 is 0 Å². The smallest absolute Gasteiger partial charge is 0.0717 e. The van der Waals surface area contributed by atoms with Gasteiger partial charge in [-0.25, -0.2) is 0 Å². The van der Waals surface area contributed by atoms with E-state index in [1.54, 1.807) is 11.3 Å². The zero-order valence-corrected chi connectivity index (χ0v) is 13.1. The van der Waals surface area contributed by atoms with Gasteiger partial charge in [0, 0.05) is 43.2 Å². The first kappa shape index (κ1) is 13.3. The van der Waals surface area contributed by atoms with Crippen molar-refractivity contribution < 1.29 is 5.11 Å². The molecule has 0 spiro atoms. The first-order valence-corrected chi connectivity index (χ1v) is 9.08. The van der Waals surface area contributed by atoms with E-state index in [1.807, 2.05) is 23.5 Å². The summed E-state index contributed by atoms with van der Waals surface area (Å²) in [5.41, 5.74) is 0. The van der Waals surface area contributed by atoms with E-state index >= 15 is 0 Å². The Labute approximate surface area is 118 Å². The van der Waals surface area contributed by atoms with Crippen LogP contribution in [0.15, 0.2) is 15.9 Å². The van der Waals surface area contributed by atoms with Gasteiger partial charge in [0.1, 0.15) is 0 Å². The molecule has 0 bridgehead atoms. The van der Waals surface area contributed by atoms with E-state index in [4.69, 9.17) is 0 Å². The Morgan fingerprint density at radius 1 is 1.50 bits per heavy atom. The zero-order chi connectivity index (χ0) is 11.5. The Kier molecular flexibility index (Phi) is 5.09. The highest BCUT2D eigenvalue weighted by molar-refractivity contribution is 9.10. The molecule has 90 valence electrons. The second kappa shape index (κ2) is 6.14. The highest BCUT2D eigenvalue weighted by atomic mass is 79.9. The number of halogens is 1. The molecule has 5 heteroatoms. The van der Waals surface area contributed by atoms with Gasteiger partial charge in [0.05, 0.1) is 6.10 Å². The second-order valence-corrected chi connectivity index (χ2v) is 8.60. The molecule has 1 aliphatic heterocycles. The summed E-state index contributed by atoms with van der Waals surface area (Å²) in [7, 11) is 0. The van der Waals surface area contributed by atoms with Crippen LogP contribution in [-0.2, 0) is 6.42 Å². The van der Waals surface area contributed by atoms with Crippen LogP contribution in [0.25, 0.3) is 0 Å². The summed E-state index contributed by atoms with van der Waals surface area (Å²) in [5.74, 6) is 2.39. The number of rotatable bonds is 3. The van der Waals surface area contributed by atoms with Crippen LogP contribution in [0.5, 0.6) is 0 Å². The number of aliphatic hydroxyl groups is 1. The highest BCUT2D eigenvalue weighted by Crippen LogP contribution is 2.34. The lowest BCUT2D eigenvalue weighted by Crippen LogP contribution is -2.35. The third kappa shape index (κ3) is 3.42. The summed E-state index contributed by atoms with van der Waals surface area (Å²) < 4.78 is 1.12. The number of thiophene rings is 1. The van der Waals surface area contributed by atoms with E-state index in [0.717, 1.165) is 10.9 Å². The van der Waals surface area contributed by atoms with Gasteiger partial charge in [-0.15, -0.1) is 11.3 Å². The van der Waals surface area contributed by atoms with Crippen LogP contribution in [0, 0.1) is 0 Å². The predicted octanol–water partition coefficient (Wildman–Crippen LogP) is 3.65. The molecule has 1 aromatic heterocycles. The van der Waals surface area contributed by atoms with Gasteiger partial charge in [0.25, 0.3) is 0 Å². The van der Waals surface area contributed by atoms with Gasteiger partial charge in [0.2, 0.25) is 0 Å². The predicted molar refractivity (Wildman–Crippen MR) is 79.9 cm³/mol. The van der Waals surface area contributed by atoms with Gasteiger partial charge in [-0.1, -0.05) is 6.92 Å². The van der Waals surface area contributed by atoms with E-state index < -0.39 is 0 Å². The SMILES string of the molecule is CC1SCCSC1C(O)Cc1cc(Br)cs1. The number of hydrogen-bond donors (Lipinski definition) is 1. The van der Waals surface area contributed by atoms with Gasteiger partial charge in [-0.2, -0.15) is 23.5 Å². The maximum absolute atomic E-state index is 10.3. The van der Waals surface area contributed by atoms with E-state index in [0.29, 0.717) is 10.5 Å². The summed E-state index contributed by atoms with van der Waals surface area (Å²) in [6, 6.07) is 2.11. The van der Waals surface area contributed by atoms with E-state index in [-0.39, 0.29) is 6.10 Å². The molecule has 1 aromatic rings. The Bertz CT molecular complexity index is 342. The van der Waals surface area contributed by atoms with Crippen LogP contribution >= 0.6 is 50.8 Å². The lowest BCUT2D eigenvalue weighted by atomic mass is 10.1. The van der Waals surface area contributed by atoms with Crippen LogP contribution in [0.1, 0.15) is 11.8 Å². The second-order valence-electron chi connectivity index (χ2n) is 3.91. The normalized spacial score (nSPS) is 27.9. The maximum Gasteiger partial charge on any atom is 0.0717 e. The number of aliphatic hydroxyl groups excluding tert-OH is 1. The van der Waals surface area contributed by atoms with Crippen LogP contribution in [0.2, 0.25) is 0 Å². The van der Waals surface area contributed by atoms with Crippen molar-refractivity contribution in [3.63, 3.8) is 0 Å². The third-order valence-electron chi connectivity index (χ3n) is 2.65. The lowest BCUT2D eigenvalue weighted by molar-refractivity contribution is 0.172. The third-order valence-corrected chi connectivity index (χ3v) is 7.60. The van der Waals surface area contributed by atoms with E-state index in [9.17, 15) is 5.11 Å². The molecule has 0 aromatic carbocycles. The Hall–Kier alpha value is 0.840. The van der Waals surface area contributed by atoms with Crippen molar-refractivity contribution >= 4 is 50.8 Å². The van der Waals surface area contributed by atoms with Crippen molar-refractivity contribution in [1.29, 1.82) is 0 Å². The Morgan fingerprint density at radius 2 is 2.25 bits per heavy atom. The van der Waals surface area contributed by atoms with Crippen LogP contribution in [-0.4, -0.2) is 33.2 Å². The van der Waals surface area contributed by atoms with Crippen molar-refractivity contribution in [2.45, 2.75) is 29.9 Å². The molecule has 3 unspecified atom stereocenters. The fraction of sp³-hybridized carbons (Fsp3) is 0.636. The quantitative estimate of drug-likeness (QED) is 0.908.